The van der Waals surface area contributed by atoms with Crippen LogP contribution in [-0.4, -0.2) is 47.5 Å². The van der Waals surface area contributed by atoms with E-state index in [-0.39, 0.29) is 29.7 Å². The third kappa shape index (κ3) is 3.31. The van der Waals surface area contributed by atoms with Crippen molar-refractivity contribution < 1.29 is 14.3 Å². The molecule has 5 nitrogen and oxygen atoms in total. The molecule has 0 aromatic heterocycles. The van der Waals surface area contributed by atoms with Gasteiger partial charge in [-0.2, -0.15) is 0 Å². The smallest absolute Gasteiger partial charge is 0.416 e. The molecule has 2 amide bonds. The minimum absolute atomic E-state index is 0.0701. The first-order chi connectivity index (χ1) is 11.5. The van der Waals surface area contributed by atoms with E-state index in [4.69, 9.17) is 4.74 Å². The van der Waals surface area contributed by atoms with Gasteiger partial charge in [0.05, 0.1) is 12.0 Å². The summed E-state index contributed by atoms with van der Waals surface area (Å²) in [5, 5.41) is 0. The summed E-state index contributed by atoms with van der Waals surface area (Å²) in [6.45, 7) is 8.87. The Bertz CT molecular complexity index is 602. The normalized spacial score (nSPS) is 27.8. The van der Waals surface area contributed by atoms with E-state index < -0.39 is 6.09 Å². The van der Waals surface area contributed by atoms with Crippen molar-refractivity contribution in [2.45, 2.75) is 33.4 Å². The second kappa shape index (κ2) is 6.93. The van der Waals surface area contributed by atoms with Gasteiger partial charge in [0, 0.05) is 19.6 Å². The zero-order chi connectivity index (χ0) is 17.3. The minimum atomic E-state index is -0.479. The zero-order valence-electron chi connectivity index (χ0n) is 14.6. The zero-order valence-corrected chi connectivity index (χ0v) is 14.6. The van der Waals surface area contributed by atoms with Crippen molar-refractivity contribution in [1.82, 2.24) is 9.80 Å². The summed E-state index contributed by atoms with van der Waals surface area (Å²) in [7, 11) is 0. The maximum absolute atomic E-state index is 13.0. The van der Waals surface area contributed by atoms with Crippen molar-refractivity contribution in [2.75, 3.05) is 19.7 Å². The Morgan fingerprint density at radius 1 is 1.25 bits per heavy atom. The SMILES string of the molecule is CC(C)C1COC(=O)N1C(=O)[C@H]1CN(Cc2ccccc2)C[C@@H]1C. The van der Waals surface area contributed by atoms with Crippen molar-refractivity contribution in [1.29, 1.82) is 0 Å². The molecule has 2 aliphatic rings. The second-order valence-electron chi connectivity index (χ2n) is 7.36. The van der Waals surface area contributed by atoms with Gasteiger partial charge in [0.1, 0.15) is 6.61 Å². The molecule has 0 spiro atoms. The van der Waals surface area contributed by atoms with Crippen LogP contribution in [0.2, 0.25) is 0 Å². The van der Waals surface area contributed by atoms with Crippen LogP contribution >= 0.6 is 0 Å². The standard InChI is InChI=1S/C19H26N2O3/c1-13(2)17-12-24-19(23)21(17)18(22)16-11-20(9-14(16)3)10-15-7-5-4-6-8-15/h4-8,13-14,16-17H,9-12H2,1-3H3/t14-,16-,17?/m0/s1. The summed E-state index contributed by atoms with van der Waals surface area (Å²) in [5.74, 6) is 0.236. The lowest BCUT2D eigenvalue weighted by molar-refractivity contribution is -0.134. The van der Waals surface area contributed by atoms with Crippen LogP contribution in [0.5, 0.6) is 0 Å². The summed E-state index contributed by atoms with van der Waals surface area (Å²) < 4.78 is 5.13. The van der Waals surface area contributed by atoms with Crippen molar-refractivity contribution in [3.05, 3.63) is 35.9 Å². The van der Waals surface area contributed by atoms with Gasteiger partial charge < -0.3 is 4.74 Å². The van der Waals surface area contributed by atoms with E-state index in [0.717, 1.165) is 13.1 Å². The van der Waals surface area contributed by atoms with Gasteiger partial charge in [-0.1, -0.05) is 51.1 Å². The number of ether oxygens (including phenoxy) is 1. The second-order valence-corrected chi connectivity index (χ2v) is 7.36. The van der Waals surface area contributed by atoms with Crippen LogP contribution in [0.25, 0.3) is 0 Å². The Balaban J connectivity index is 1.68. The fourth-order valence-electron chi connectivity index (χ4n) is 3.72. The maximum Gasteiger partial charge on any atom is 0.416 e. The monoisotopic (exact) mass is 330 g/mol. The van der Waals surface area contributed by atoms with E-state index in [1.54, 1.807) is 0 Å². The Morgan fingerprint density at radius 2 is 1.96 bits per heavy atom. The number of hydrogen-bond acceptors (Lipinski definition) is 4. The molecule has 3 rings (SSSR count). The van der Waals surface area contributed by atoms with Gasteiger partial charge in [0.25, 0.3) is 0 Å². The number of amides is 2. The largest absolute Gasteiger partial charge is 0.447 e. The van der Waals surface area contributed by atoms with Gasteiger partial charge in [-0.05, 0) is 17.4 Å². The Hall–Kier alpha value is -1.88. The van der Waals surface area contributed by atoms with Crippen LogP contribution in [0.4, 0.5) is 4.79 Å². The third-order valence-electron chi connectivity index (χ3n) is 5.17. The average molecular weight is 330 g/mol. The van der Waals surface area contributed by atoms with Gasteiger partial charge in [0.2, 0.25) is 5.91 Å². The molecule has 2 fully saturated rings. The number of benzene rings is 1. The first kappa shape index (κ1) is 17.0. The molecule has 5 heteroatoms. The molecule has 3 atom stereocenters. The van der Waals surface area contributed by atoms with Crippen LogP contribution < -0.4 is 0 Å². The average Bonchev–Trinajstić information content (AvgIpc) is 3.11. The number of nitrogens with zero attached hydrogens (tertiary/aromatic N) is 2. The quantitative estimate of drug-likeness (QED) is 0.852. The third-order valence-corrected chi connectivity index (χ3v) is 5.17. The van der Waals surface area contributed by atoms with Crippen LogP contribution in [0.3, 0.4) is 0 Å². The molecule has 1 unspecified atom stereocenters. The Labute approximate surface area is 143 Å². The molecule has 2 heterocycles. The summed E-state index contributed by atoms with van der Waals surface area (Å²) in [4.78, 5) is 28.7. The number of carbonyl (C=O) groups excluding carboxylic acids is 2. The molecule has 24 heavy (non-hydrogen) atoms. The van der Waals surface area contributed by atoms with Gasteiger partial charge in [-0.3, -0.25) is 9.69 Å². The minimum Gasteiger partial charge on any atom is -0.447 e. The summed E-state index contributed by atoms with van der Waals surface area (Å²) >= 11 is 0. The molecule has 0 N–H and O–H groups in total. The molecule has 2 aliphatic heterocycles. The van der Waals surface area contributed by atoms with Crippen LogP contribution in [-0.2, 0) is 16.1 Å². The lowest BCUT2D eigenvalue weighted by Crippen LogP contribution is -2.46. The molecule has 0 aliphatic carbocycles. The molecule has 130 valence electrons. The lowest BCUT2D eigenvalue weighted by Gasteiger charge is -2.26. The molecule has 0 saturated carbocycles. The van der Waals surface area contributed by atoms with Crippen molar-refractivity contribution in [3.8, 4) is 0 Å². The van der Waals surface area contributed by atoms with Gasteiger partial charge in [0.15, 0.2) is 0 Å². The highest BCUT2D eigenvalue weighted by atomic mass is 16.6. The van der Waals surface area contributed by atoms with Crippen molar-refractivity contribution >= 4 is 12.0 Å². The highest BCUT2D eigenvalue weighted by Crippen LogP contribution is 2.30. The predicted molar refractivity (Wildman–Crippen MR) is 91.2 cm³/mol. The highest BCUT2D eigenvalue weighted by molar-refractivity contribution is 5.95. The van der Waals surface area contributed by atoms with Crippen LogP contribution in [0.15, 0.2) is 30.3 Å². The number of imide groups is 1. The van der Waals surface area contributed by atoms with E-state index in [0.29, 0.717) is 13.2 Å². The molecule has 1 aromatic rings. The van der Waals surface area contributed by atoms with E-state index in [1.807, 2.05) is 32.0 Å². The van der Waals surface area contributed by atoms with E-state index in [9.17, 15) is 9.59 Å². The van der Waals surface area contributed by atoms with Crippen molar-refractivity contribution in [3.63, 3.8) is 0 Å². The number of hydrogen-bond donors (Lipinski definition) is 0. The predicted octanol–water partition coefficient (Wildman–Crippen LogP) is 2.76. The van der Waals surface area contributed by atoms with Gasteiger partial charge in [-0.25, -0.2) is 9.69 Å². The first-order valence-corrected chi connectivity index (χ1v) is 8.73. The molecule has 2 saturated heterocycles. The fourth-order valence-corrected chi connectivity index (χ4v) is 3.72. The highest BCUT2D eigenvalue weighted by Gasteiger charge is 2.45. The van der Waals surface area contributed by atoms with Gasteiger partial charge >= 0.3 is 6.09 Å². The molecule has 1 aromatic carbocycles. The number of rotatable bonds is 4. The maximum atomic E-state index is 13.0. The summed E-state index contributed by atoms with van der Waals surface area (Å²) in [6, 6.07) is 10.1. The Kier molecular flexibility index (Phi) is 4.90. The number of cyclic esters (lactones) is 1. The number of carbonyl (C=O) groups is 2. The molecule has 0 radical (unpaired) electrons. The Morgan fingerprint density at radius 3 is 2.62 bits per heavy atom. The fraction of sp³-hybridized carbons (Fsp3) is 0.579. The molecule has 0 bridgehead atoms. The topological polar surface area (TPSA) is 49.9 Å². The van der Waals surface area contributed by atoms with Crippen LogP contribution in [0, 0.1) is 17.8 Å². The molecular formula is C19H26N2O3. The van der Waals surface area contributed by atoms with Gasteiger partial charge in [-0.15, -0.1) is 0 Å². The van der Waals surface area contributed by atoms with Crippen LogP contribution in [0.1, 0.15) is 26.3 Å². The van der Waals surface area contributed by atoms with E-state index in [1.165, 1.54) is 10.5 Å². The van der Waals surface area contributed by atoms with E-state index in [2.05, 4.69) is 24.0 Å². The first-order valence-electron chi connectivity index (χ1n) is 8.73. The van der Waals surface area contributed by atoms with E-state index >= 15 is 0 Å². The summed E-state index contributed by atoms with van der Waals surface area (Å²) in [6.07, 6.45) is -0.479. The molecular weight excluding hydrogens is 304 g/mol. The summed E-state index contributed by atoms with van der Waals surface area (Å²) in [5.41, 5.74) is 1.25. The number of likely N-dealkylation sites (tertiary alicyclic amines) is 1. The van der Waals surface area contributed by atoms with Crippen molar-refractivity contribution in [2.24, 2.45) is 17.8 Å². The lowest BCUT2D eigenvalue weighted by atomic mass is 9.95.